The summed E-state index contributed by atoms with van der Waals surface area (Å²) in [5.74, 6) is 0.678. The molecule has 3 nitrogen and oxygen atoms in total. The minimum Gasteiger partial charge on any atom is -0.389 e. The average Bonchev–Trinajstić information content (AvgIpc) is 2.38. The summed E-state index contributed by atoms with van der Waals surface area (Å²) in [5, 5.41) is 1.04. The smallest absolute Gasteiger partial charge is 0.147 e. The quantitative estimate of drug-likeness (QED) is 0.871. The van der Waals surface area contributed by atoms with E-state index in [4.69, 9.17) is 41.2 Å². The van der Waals surface area contributed by atoms with Gasteiger partial charge < -0.3 is 10.6 Å². The fourth-order valence-electron chi connectivity index (χ4n) is 1.86. The summed E-state index contributed by atoms with van der Waals surface area (Å²) in [4.78, 5) is 6.57. The van der Waals surface area contributed by atoms with Gasteiger partial charge in [0.25, 0.3) is 0 Å². The summed E-state index contributed by atoms with van der Waals surface area (Å²) in [7, 11) is 1.91. The first-order valence-corrected chi connectivity index (χ1v) is 7.04. The summed E-state index contributed by atoms with van der Waals surface area (Å²) in [6, 6.07) is 9.45. The predicted molar refractivity (Wildman–Crippen MR) is 88.7 cm³/mol. The zero-order chi connectivity index (χ0) is 14.7. The number of nitrogens with two attached hydrogens (primary N) is 1. The summed E-state index contributed by atoms with van der Waals surface area (Å²) >= 11 is 17.0. The minimum atomic E-state index is 0.386. The van der Waals surface area contributed by atoms with E-state index in [1.165, 1.54) is 0 Å². The lowest BCUT2D eigenvalue weighted by Crippen LogP contribution is -2.18. The molecule has 0 amide bonds. The number of pyridine rings is 1. The standard InChI is InChI=1S/C14H13Cl2N3S/c1-19(14-12(16)6-11(15)7-18-14)8-9-3-2-4-10(5-9)13(17)20/h2-7H,8H2,1H3,(H2,17,20). The number of hydrogen-bond donors (Lipinski definition) is 1. The maximum Gasteiger partial charge on any atom is 0.147 e. The average molecular weight is 326 g/mol. The van der Waals surface area contributed by atoms with Crippen molar-refractivity contribution >= 4 is 46.2 Å². The highest BCUT2D eigenvalue weighted by atomic mass is 35.5. The van der Waals surface area contributed by atoms with Gasteiger partial charge in [-0.1, -0.05) is 53.6 Å². The first-order chi connectivity index (χ1) is 9.47. The van der Waals surface area contributed by atoms with Gasteiger partial charge in [-0.2, -0.15) is 0 Å². The molecule has 6 heteroatoms. The Bertz CT molecular complexity index is 646. The van der Waals surface area contributed by atoms with Gasteiger partial charge in [-0.25, -0.2) is 4.98 Å². The van der Waals surface area contributed by atoms with Crippen molar-refractivity contribution in [3.8, 4) is 0 Å². The fraction of sp³-hybridized carbons (Fsp3) is 0.143. The highest BCUT2D eigenvalue weighted by Crippen LogP contribution is 2.26. The second kappa shape index (κ2) is 6.39. The topological polar surface area (TPSA) is 42.1 Å². The van der Waals surface area contributed by atoms with Gasteiger partial charge in [0.1, 0.15) is 10.8 Å². The molecule has 0 aliphatic rings. The van der Waals surface area contributed by atoms with Crippen LogP contribution in [0.3, 0.4) is 0 Å². The second-order valence-corrected chi connectivity index (χ2v) is 5.66. The highest BCUT2D eigenvalue weighted by molar-refractivity contribution is 7.80. The fourth-order valence-corrected chi connectivity index (χ4v) is 2.51. The number of anilines is 1. The van der Waals surface area contributed by atoms with Crippen LogP contribution in [0.25, 0.3) is 0 Å². The molecule has 0 radical (unpaired) electrons. The Kier molecular flexibility index (Phi) is 4.81. The molecule has 2 aromatic rings. The molecule has 2 N–H and O–H groups in total. The van der Waals surface area contributed by atoms with Gasteiger partial charge in [-0.15, -0.1) is 0 Å². The number of hydrogen-bond acceptors (Lipinski definition) is 3. The Labute approximate surface area is 133 Å². The summed E-state index contributed by atoms with van der Waals surface area (Å²) in [5.41, 5.74) is 7.56. The van der Waals surface area contributed by atoms with Gasteiger partial charge >= 0.3 is 0 Å². The van der Waals surface area contributed by atoms with Crippen molar-refractivity contribution in [1.29, 1.82) is 0 Å². The Morgan fingerprint density at radius 1 is 1.35 bits per heavy atom. The molecular formula is C14H13Cl2N3S. The van der Waals surface area contributed by atoms with Crippen molar-refractivity contribution in [1.82, 2.24) is 4.98 Å². The first kappa shape index (κ1) is 15.0. The van der Waals surface area contributed by atoms with E-state index >= 15 is 0 Å². The molecule has 0 unspecified atom stereocenters. The molecule has 0 aliphatic heterocycles. The Morgan fingerprint density at radius 3 is 2.75 bits per heavy atom. The van der Waals surface area contributed by atoms with Gasteiger partial charge in [0.15, 0.2) is 0 Å². The molecule has 0 bridgehead atoms. The van der Waals surface area contributed by atoms with Crippen LogP contribution in [0.5, 0.6) is 0 Å². The second-order valence-electron chi connectivity index (χ2n) is 4.38. The monoisotopic (exact) mass is 325 g/mol. The van der Waals surface area contributed by atoms with Gasteiger partial charge in [-0.3, -0.25) is 0 Å². The van der Waals surface area contributed by atoms with Crippen molar-refractivity contribution < 1.29 is 0 Å². The van der Waals surface area contributed by atoms with Crippen LogP contribution in [0, 0.1) is 0 Å². The van der Waals surface area contributed by atoms with Crippen LogP contribution in [0.15, 0.2) is 36.5 Å². The van der Waals surface area contributed by atoms with Gasteiger partial charge in [0.2, 0.25) is 0 Å². The third-order valence-corrected chi connectivity index (χ3v) is 3.50. The summed E-state index contributed by atoms with van der Waals surface area (Å²) in [6.45, 7) is 0.644. The van der Waals surface area contributed by atoms with Crippen LogP contribution in [-0.2, 0) is 6.54 Å². The van der Waals surface area contributed by atoms with Crippen LogP contribution < -0.4 is 10.6 Å². The van der Waals surface area contributed by atoms with E-state index in [0.29, 0.717) is 27.4 Å². The zero-order valence-electron chi connectivity index (χ0n) is 10.8. The van der Waals surface area contributed by atoms with E-state index in [-0.39, 0.29) is 0 Å². The number of benzene rings is 1. The highest BCUT2D eigenvalue weighted by Gasteiger charge is 2.09. The molecule has 0 fully saturated rings. The van der Waals surface area contributed by atoms with Gasteiger partial charge in [0.05, 0.1) is 10.0 Å². The molecule has 104 valence electrons. The molecule has 0 spiro atoms. The number of nitrogens with zero attached hydrogens (tertiary/aromatic N) is 2. The van der Waals surface area contributed by atoms with E-state index in [9.17, 15) is 0 Å². The Morgan fingerprint density at radius 2 is 2.10 bits per heavy atom. The SMILES string of the molecule is CN(Cc1cccc(C(N)=S)c1)c1ncc(Cl)cc1Cl. The third-order valence-electron chi connectivity index (χ3n) is 2.78. The number of halogens is 2. The van der Waals surface area contributed by atoms with Crippen molar-refractivity contribution in [2.24, 2.45) is 5.73 Å². The first-order valence-electron chi connectivity index (χ1n) is 5.88. The molecule has 1 aromatic heterocycles. The maximum absolute atomic E-state index is 6.14. The predicted octanol–water partition coefficient (Wildman–Crippen LogP) is 3.66. The van der Waals surface area contributed by atoms with E-state index < -0.39 is 0 Å². The molecule has 1 heterocycles. The lowest BCUT2D eigenvalue weighted by atomic mass is 10.1. The molecule has 2 rings (SSSR count). The third kappa shape index (κ3) is 3.60. The molecule has 0 aliphatic carbocycles. The van der Waals surface area contributed by atoms with Crippen molar-refractivity contribution in [3.05, 3.63) is 57.7 Å². The van der Waals surface area contributed by atoms with E-state index in [0.717, 1.165) is 11.1 Å². The zero-order valence-corrected chi connectivity index (χ0v) is 13.1. The van der Waals surface area contributed by atoms with Crippen LogP contribution >= 0.6 is 35.4 Å². The summed E-state index contributed by atoms with van der Waals surface area (Å²) < 4.78 is 0. The number of aromatic nitrogens is 1. The van der Waals surface area contributed by atoms with Gasteiger partial charge in [-0.05, 0) is 17.7 Å². The van der Waals surface area contributed by atoms with Crippen molar-refractivity contribution in [2.45, 2.75) is 6.54 Å². The maximum atomic E-state index is 6.14. The Hall–Kier alpha value is -1.36. The molecule has 0 saturated carbocycles. The van der Waals surface area contributed by atoms with Crippen LogP contribution in [0.1, 0.15) is 11.1 Å². The lowest BCUT2D eigenvalue weighted by Gasteiger charge is -2.19. The normalized spacial score (nSPS) is 10.3. The van der Waals surface area contributed by atoms with E-state index in [1.54, 1.807) is 12.3 Å². The minimum absolute atomic E-state index is 0.386. The molecular weight excluding hydrogens is 313 g/mol. The molecule has 1 aromatic carbocycles. The van der Waals surface area contributed by atoms with E-state index in [1.807, 2.05) is 36.2 Å². The van der Waals surface area contributed by atoms with Gasteiger partial charge in [0, 0.05) is 25.4 Å². The summed E-state index contributed by atoms with van der Waals surface area (Å²) in [6.07, 6.45) is 1.57. The molecule has 0 atom stereocenters. The lowest BCUT2D eigenvalue weighted by molar-refractivity contribution is 0.898. The van der Waals surface area contributed by atoms with E-state index in [2.05, 4.69) is 4.98 Å². The Balaban J connectivity index is 2.21. The van der Waals surface area contributed by atoms with Crippen molar-refractivity contribution in [2.75, 3.05) is 11.9 Å². The van der Waals surface area contributed by atoms with Crippen LogP contribution in [0.4, 0.5) is 5.82 Å². The molecule has 0 saturated heterocycles. The van der Waals surface area contributed by atoms with Crippen LogP contribution in [-0.4, -0.2) is 17.0 Å². The molecule has 20 heavy (non-hydrogen) atoms. The largest absolute Gasteiger partial charge is 0.389 e. The number of rotatable bonds is 4. The van der Waals surface area contributed by atoms with Crippen molar-refractivity contribution in [3.63, 3.8) is 0 Å². The van der Waals surface area contributed by atoms with Crippen LogP contribution in [0.2, 0.25) is 10.0 Å². The number of thiocarbonyl (C=S) groups is 1.